The average molecular weight is 295 g/mol. The molecule has 118 valence electrons. The monoisotopic (exact) mass is 295 g/mol. The van der Waals surface area contributed by atoms with E-state index in [2.05, 4.69) is 10.5 Å². The van der Waals surface area contributed by atoms with E-state index in [1.54, 1.807) is 7.11 Å². The molecule has 1 aromatic carbocycles. The Balaban J connectivity index is 2.45. The molecule has 0 spiro atoms. The smallest absolute Gasteiger partial charge is 0.173 e. The molecule has 0 aliphatic heterocycles. The first-order chi connectivity index (χ1) is 10.2. The number of hydrogen-bond acceptors (Lipinski definition) is 5. The van der Waals surface area contributed by atoms with Gasteiger partial charge < -0.3 is 26.1 Å². The SMILES string of the molecule is COc1ccc(CNCCCCCCO)cc1/C(N)=N/O. The number of nitrogens with one attached hydrogen (secondary N) is 1. The predicted molar refractivity (Wildman–Crippen MR) is 82.8 cm³/mol. The first kappa shape index (κ1) is 17.3. The van der Waals surface area contributed by atoms with Gasteiger partial charge in [-0.2, -0.15) is 0 Å². The maximum Gasteiger partial charge on any atom is 0.173 e. The quantitative estimate of drug-likeness (QED) is 0.172. The number of hydrogen-bond donors (Lipinski definition) is 4. The average Bonchev–Trinajstić information content (AvgIpc) is 2.53. The third-order valence-electron chi connectivity index (χ3n) is 3.24. The lowest BCUT2D eigenvalue weighted by atomic mass is 10.1. The van der Waals surface area contributed by atoms with Crippen LogP contribution in [-0.4, -0.2) is 36.4 Å². The summed E-state index contributed by atoms with van der Waals surface area (Å²) in [4.78, 5) is 0. The number of rotatable bonds is 10. The van der Waals surface area contributed by atoms with Gasteiger partial charge in [0.1, 0.15) is 5.75 Å². The Hall–Kier alpha value is -1.79. The minimum atomic E-state index is 0.0395. The van der Waals surface area contributed by atoms with E-state index in [-0.39, 0.29) is 12.4 Å². The molecule has 1 aromatic rings. The van der Waals surface area contributed by atoms with Gasteiger partial charge >= 0.3 is 0 Å². The van der Waals surface area contributed by atoms with Crippen LogP contribution in [0.5, 0.6) is 5.75 Å². The van der Waals surface area contributed by atoms with Gasteiger partial charge in [-0.15, -0.1) is 0 Å². The van der Waals surface area contributed by atoms with Gasteiger partial charge in [-0.3, -0.25) is 0 Å². The molecule has 0 unspecified atom stereocenters. The van der Waals surface area contributed by atoms with Crippen molar-refractivity contribution >= 4 is 5.84 Å². The summed E-state index contributed by atoms with van der Waals surface area (Å²) in [6.45, 7) is 1.92. The lowest BCUT2D eigenvalue weighted by Gasteiger charge is -2.10. The number of oxime groups is 1. The Labute approximate surface area is 125 Å². The van der Waals surface area contributed by atoms with Crippen molar-refractivity contribution in [2.75, 3.05) is 20.3 Å². The van der Waals surface area contributed by atoms with E-state index in [1.165, 1.54) is 0 Å². The van der Waals surface area contributed by atoms with Crippen molar-refractivity contribution in [1.82, 2.24) is 5.32 Å². The number of methoxy groups -OCH3 is 1. The number of nitrogens with zero attached hydrogens (tertiary/aromatic N) is 1. The fourth-order valence-corrected chi connectivity index (χ4v) is 2.07. The number of amidine groups is 1. The Bertz CT molecular complexity index is 450. The van der Waals surface area contributed by atoms with Crippen molar-refractivity contribution < 1.29 is 15.1 Å². The summed E-state index contributed by atoms with van der Waals surface area (Å²) in [6.07, 6.45) is 4.14. The van der Waals surface area contributed by atoms with E-state index in [4.69, 9.17) is 20.8 Å². The van der Waals surface area contributed by atoms with Crippen LogP contribution in [0.15, 0.2) is 23.4 Å². The molecule has 0 fully saturated rings. The summed E-state index contributed by atoms with van der Waals surface area (Å²) >= 11 is 0. The molecule has 0 aromatic heterocycles. The van der Waals surface area contributed by atoms with E-state index >= 15 is 0 Å². The zero-order valence-electron chi connectivity index (χ0n) is 12.5. The van der Waals surface area contributed by atoms with Gasteiger partial charge in [0.15, 0.2) is 5.84 Å². The molecule has 21 heavy (non-hydrogen) atoms. The molecule has 6 heteroatoms. The molecule has 0 heterocycles. The van der Waals surface area contributed by atoms with E-state index in [9.17, 15) is 0 Å². The van der Waals surface area contributed by atoms with Crippen molar-refractivity contribution in [3.05, 3.63) is 29.3 Å². The van der Waals surface area contributed by atoms with Crippen LogP contribution in [0.1, 0.15) is 36.8 Å². The first-order valence-corrected chi connectivity index (χ1v) is 7.19. The third-order valence-corrected chi connectivity index (χ3v) is 3.24. The molecule has 0 amide bonds. The molecule has 0 radical (unpaired) electrons. The molecule has 0 saturated carbocycles. The maximum atomic E-state index is 8.79. The van der Waals surface area contributed by atoms with Crippen molar-refractivity contribution in [1.29, 1.82) is 0 Å². The second kappa shape index (κ2) is 10.0. The van der Waals surface area contributed by atoms with Gasteiger partial charge in [-0.1, -0.05) is 24.1 Å². The lowest BCUT2D eigenvalue weighted by Crippen LogP contribution is -2.17. The number of nitrogens with two attached hydrogens (primary N) is 1. The van der Waals surface area contributed by atoms with E-state index in [0.717, 1.165) is 44.3 Å². The molecule has 0 bridgehead atoms. The Morgan fingerprint density at radius 2 is 2.05 bits per heavy atom. The third kappa shape index (κ3) is 6.01. The second-order valence-electron chi connectivity index (χ2n) is 4.83. The van der Waals surface area contributed by atoms with Crippen molar-refractivity contribution in [2.45, 2.75) is 32.2 Å². The van der Waals surface area contributed by atoms with Gasteiger partial charge in [0.05, 0.1) is 12.7 Å². The number of unbranched alkanes of at least 4 members (excludes halogenated alkanes) is 3. The van der Waals surface area contributed by atoms with Gasteiger partial charge in [-0.25, -0.2) is 0 Å². The Kier molecular flexibility index (Phi) is 8.23. The van der Waals surface area contributed by atoms with Crippen LogP contribution in [0.2, 0.25) is 0 Å². The van der Waals surface area contributed by atoms with Gasteiger partial charge in [0.2, 0.25) is 0 Å². The Morgan fingerprint density at radius 1 is 1.29 bits per heavy atom. The van der Waals surface area contributed by atoms with Crippen molar-refractivity contribution in [3.63, 3.8) is 0 Å². The summed E-state index contributed by atoms with van der Waals surface area (Å²) in [5, 5.41) is 23.9. The molecular formula is C15H25N3O3. The van der Waals surface area contributed by atoms with E-state index in [1.807, 2.05) is 18.2 Å². The summed E-state index contributed by atoms with van der Waals surface area (Å²) in [5.74, 6) is 0.621. The zero-order valence-corrected chi connectivity index (χ0v) is 12.5. The van der Waals surface area contributed by atoms with Crippen molar-refractivity contribution in [3.8, 4) is 5.75 Å². The molecule has 0 aliphatic carbocycles. The number of aliphatic hydroxyl groups is 1. The highest BCUT2D eigenvalue weighted by Crippen LogP contribution is 2.19. The molecule has 5 N–H and O–H groups in total. The van der Waals surface area contributed by atoms with Gasteiger partial charge in [-0.05, 0) is 37.1 Å². The van der Waals surface area contributed by atoms with Crippen molar-refractivity contribution in [2.24, 2.45) is 10.9 Å². The van der Waals surface area contributed by atoms with Crippen LogP contribution in [0.4, 0.5) is 0 Å². The second-order valence-corrected chi connectivity index (χ2v) is 4.83. The van der Waals surface area contributed by atoms with Crippen LogP contribution in [0, 0.1) is 0 Å². The lowest BCUT2D eigenvalue weighted by molar-refractivity contribution is 0.282. The molecule has 0 atom stereocenters. The van der Waals surface area contributed by atoms with Gasteiger partial charge in [0.25, 0.3) is 0 Å². The van der Waals surface area contributed by atoms with Gasteiger partial charge in [0, 0.05) is 13.2 Å². The number of aliphatic hydroxyl groups excluding tert-OH is 1. The van der Waals surface area contributed by atoms with E-state index in [0.29, 0.717) is 11.3 Å². The topological polar surface area (TPSA) is 100 Å². The highest BCUT2D eigenvalue weighted by Gasteiger charge is 2.08. The molecule has 0 aliphatic rings. The van der Waals surface area contributed by atoms with E-state index < -0.39 is 0 Å². The molecular weight excluding hydrogens is 270 g/mol. The summed E-state index contributed by atoms with van der Waals surface area (Å²) in [5.41, 5.74) is 7.28. The summed E-state index contributed by atoms with van der Waals surface area (Å²) < 4.78 is 5.19. The fraction of sp³-hybridized carbons (Fsp3) is 0.533. The Morgan fingerprint density at radius 3 is 2.71 bits per heavy atom. The van der Waals surface area contributed by atoms with Crippen LogP contribution in [0.25, 0.3) is 0 Å². The molecule has 0 saturated heterocycles. The fourth-order valence-electron chi connectivity index (χ4n) is 2.07. The van der Waals surface area contributed by atoms with Crippen LogP contribution in [0.3, 0.4) is 0 Å². The predicted octanol–water partition coefficient (Wildman–Crippen LogP) is 1.43. The number of benzene rings is 1. The van der Waals surface area contributed by atoms with Crippen LogP contribution >= 0.6 is 0 Å². The highest BCUT2D eigenvalue weighted by molar-refractivity contribution is 5.99. The normalized spacial score (nSPS) is 11.6. The molecule has 1 rings (SSSR count). The van der Waals surface area contributed by atoms with Crippen LogP contribution in [-0.2, 0) is 6.54 Å². The minimum Gasteiger partial charge on any atom is -0.496 e. The summed E-state index contributed by atoms with van der Waals surface area (Å²) in [7, 11) is 1.55. The standard InChI is InChI=1S/C15H25N3O3/c1-21-14-7-6-12(10-13(14)15(16)18-20)11-17-8-4-2-3-5-9-19/h6-7,10,17,19-20H,2-5,8-9,11H2,1H3,(H2,16,18). The first-order valence-electron chi connectivity index (χ1n) is 7.19. The highest BCUT2D eigenvalue weighted by atomic mass is 16.5. The largest absolute Gasteiger partial charge is 0.496 e. The summed E-state index contributed by atoms with van der Waals surface area (Å²) in [6, 6.07) is 5.62. The maximum absolute atomic E-state index is 8.79. The number of ether oxygens (including phenoxy) is 1. The minimum absolute atomic E-state index is 0.0395. The molecule has 6 nitrogen and oxygen atoms in total. The van der Waals surface area contributed by atoms with Crippen LogP contribution < -0.4 is 15.8 Å². The zero-order chi connectivity index (χ0) is 15.5.